The Balaban J connectivity index is 2.35. The predicted octanol–water partition coefficient (Wildman–Crippen LogP) is 9.59. The lowest BCUT2D eigenvalue weighted by Gasteiger charge is -2.42. The summed E-state index contributed by atoms with van der Waals surface area (Å²) in [4.78, 5) is 11.9. The Bertz CT molecular complexity index is 1100. The summed E-state index contributed by atoms with van der Waals surface area (Å²) >= 11 is 0. The van der Waals surface area contributed by atoms with Crippen molar-refractivity contribution in [2.24, 2.45) is 5.92 Å². The summed E-state index contributed by atoms with van der Waals surface area (Å²) in [6.45, 7) is 0.757. The molecule has 0 atom stereocenters. The van der Waals surface area contributed by atoms with Gasteiger partial charge in [-0.1, -0.05) is 25.5 Å². The Morgan fingerprint density at radius 3 is 1.40 bits per heavy atom. The van der Waals surface area contributed by atoms with Crippen LogP contribution in [0.5, 0.6) is 0 Å². The molecule has 242 valence electrons. The number of ether oxygens (including phenoxy) is 1. The van der Waals surface area contributed by atoms with E-state index in [0.717, 1.165) is 31.4 Å². The standard InChI is InChI=1S/C24H22F16O2/c1-3-12-4-6-13(7-5-12)14-8-10-15(11-9-14)16(41)42-24(39,40)23(37,38)22(35,36)21(33,34)20(31,32)19(29,30)18(27,28)17(2,25)26/h8-13H,3-7H2,1-2H3. The van der Waals surface area contributed by atoms with E-state index in [-0.39, 0.29) is 5.92 Å². The molecular formula is C24H22F16O2. The van der Waals surface area contributed by atoms with Crippen LogP contribution in [0.25, 0.3) is 0 Å². The highest BCUT2D eigenvalue weighted by Gasteiger charge is 2.95. The lowest BCUT2D eigenvalue weighted by Crippen LogP contribution is -2.74. The fourth-order valence-electron chi connectivity index (χ4n) is 4.28. The average molecular weight is 646 g/mol. The van der Waals surface area contributed by atoms with Gasteiger partial charge >= 0.3 is 53.5 Å². The Morgan fingerprint density at radius 1 is 0.643 bits per heavy atom. The molecule has 2 nitrogen and oxygen atoms in total. The van der Waals surface area contributed by atoms with Gasteiger partial charge in [-0.05, 0) is 55.2 Å². The molecule has 0 bridgehead atoms. The van der Waals surface area contributed by atoms with Crippen LogP contribution in [-0.2, 0) is 4.74 Å². The molecule has 0 aliphatic heterocycles. The zero-order valence-electron chi connectivity index (χ0n) is 21.4. The molecule has 0 heterocycles. The summed E-state index contributed by atoms with van der Waals surface area (Å²) in [6.07, 6.45) is -3.23. The van der Waals surface area contributed by atoms with Crippen LogP contribution < -0.4 is 0 Å². The number of alkyl halides is 16. The van der Waals surface area contributed by atoms with E-state index in [9.17, 15) is 75.0 Å². The van der Waals surface area contributed by atoms with Crippen LogP contribution in [0.4, 0.5) is 70.2 Å². The highest BCUT2D eigenvalue weighted by Crippen LogP contribution is 2.63. The van der Waals surface area contributed by atoms with Gasteiger partial charge in [0.25, 0.3) is 0 Å². The van der Waals surface area contributed by atoms with Crippen molar-refractivity contribution in [1.29, 1.82) is 0 Å². The van der Waals surface area contributed by atoms with Crippen molar-refractivity contribution in [1.82, 2.24) is 0 Å². The average Bonchev–Trinajstić information content (AvgIpc) is 2.87. The minimum absolute atomic E-state index is 0.0654. The van der Waals surface area contributed by atoms with Crippen LogP contribution >= 0.6 is 0 Å². The van der Waals surface area contributed by atoms with Gasteiger partial charge in [-0.3, -0.25) is 0 Å². The molecule has 1 aromatic carbocycles. The minimum Gasteiger partial charge on any atom is -0.392 e. The smallest absolute Gasteiger partial charge is 0.392 e. The molecule has 1 aliphatic carbocycles. The zero-order valence-corrected chi connectivity index (χ0v) is 21.4. The second-order valence-corrected chi connectivity index (χ2v) is 9.99. The molecule has 1 aromatic rings. The lowest BCUT2D eigenvalue weighted by atomic mass is 9.78. The maximum atomic E-state index is 14.0. The summed E-state index contributed by atoms with van der Waals surface area (Å²) in [5.74, 6) is -57.8. The van der Waals surface area contributed by atoms with Crippen molar-refractivity contribution in [2.75, 3.05) is 0 Å². The molecule has 1 fully saturated rings. The molecule has 1 aliphatic rings. The molecule has 0 spiro atoms. The highest BCUT2D eigenvalue weighted by molar-refractivity contribution is 5.89. The molecule has 2 rings (SSSR count). The number of hydrogen-bond donors (Lipinski definition) is 0. The van der Waals surface area contributed by atoms with Crippen LogP contribution in [0.3, 0.4) is 0 Å². The van der Waals surface area contributed by atoms with E-state index in [2.05, 4.69) is 4.74 Å². The fraction of sp³-hybridized carbons (Fsp3) is 0.708. The zero-order chi connectivity index (χ0) is 33.0. The van der Waals surface area contributed by atoms with Crippen LogP contribution in [0, 0.1) is 5.92 Å². The van der Waals surface area contributed by atoms with Gasteiger partial charge in [-0.2, -0.15) is 70.2 Å². The van der Waals surface area contributed by atoms with Crippen molar-refractivity contribution < 1.29 is 79.8 Å². The molecule has 0 amide bonds. The summed E-state index contributed by atoms with van der Waals surface area (Å²) in [5, 5.41) is 0. The summed E-state index contributed by atoms with van der Waals surface area (Å²) in [5.41, 5.74) is -0.504. The van der Waals surface area contributed by atoms with E-state index in [1.165, 1.54) is 0 Å². The fourth-order valence-corrected chi connectivity index (χ4v) is 4.28. The third-order valence-corrected chi connectivity index (χ3v) is 7.15. The Labute approximate surface area is 227 Å². The van der Waals surface area contributed by atoms with Crippen molar-refractivity contribution >= 4 is 5.97 Å². The van der Waals surface area contributed by atoms with E-state index in [0.29, 0.717) is 36.5 Å². The lowest BCUT2D eigenvalue weighted by molar-refractivity contribution is -0.467. The van der Waals surface area contributed by atoms with Gasteiger partial charge < -0.3 is 4.74 Å². The number of rotatable bonds is 11. The van der Waals surface area contributed by atoms with Crippen LogP contribution in [0.2, 0.25) is 0 Å². The van der Waals surface area contributed by atoms with Gasteiger partial charge in [0.05, 0.1) is 5.56 Å². The Kier molecular flexibility index (Phi) is 9.31. The van der Waals surface area contributed by atoms with Gasteiger partial charge in [0, 0.05) is 6.92 Å². The number of hydrogen-bond acceptors (Lipinski definition) is 2. The van der Waals surface area contributed by atoms with Crippen molar-refractivity contribution in [3.63, 3.8) is 0 Å². The topological polar surface area (TPSA) is 26.3 Å². The Morgan fingerprint density at radius 2 is 1.02 bits per heavy atom. The summed E-state index contributed by atoms with van der Waals surface area (Å²) < 4.78 is 221. The first-order valence-electron chi connectivity index (χ1n) is 12.0. The molecule has 1 saturated carbocycles. The van der Waals surface area contributed by atoms with Crippen molar-refractivity contribution in [3.05, 3.63) is 35.4 Å². The maximum absolute atomic E-state index is 14.0. The number of benzene rings is 1. The molecule has 18 heteroatoms. The van der Waals surface area contributed by atoms with E-state index in [4.69, 9.17) is 0 Å². The van der Waals surface area contributed by atoms with Gasteiger partial charge in [0.2, 0.25) is 0 Å². The van der Waals surface area contributed by atoms with Gasteiger partial charge in [0.15, 0.2) is 0 Å². The molecule has 42 heavy (non-hydrogen) atoms. The largest absolute Gasteiger partial charge is 0.473 e. The molecular weight excluding hydrogens is 624 g/mol. The number of esters is 1. The SMILES string of the molecule is CCC1CCC(c2ccc(C(=O)OC(F)(F)C(F)(F)C(F)(F)C(F)(F)C(F)(F)C(F)(F)C(F)(F)C(C)(F)F)cc2)CC1. The minimum atomic E-state index is -8.57. The van der Waals surface area contributed by atoms with Gasteiger partial charge in [0.1, 0.15) is 0 Å². The summed E-state index contributed by atoms with van der Waals surface area (Å²) in [6, 6.07) is 3.70. The van der Waals surface area contributed by atoms with E-state index in [1.54, 1.807) is 0 Å². The van der Waals surface area contributed by atoms with Crippen LogP contribution in [-0.4, -0.2) is 53.5 Å². The Hall–Kier alpha value is -2.43. The monoisotopic (exact) mass is 646 g/mol. The maximum Gasteiger partial charge on any atom is 0.473 e. The molecule has 0 aromatic heterocycles. The third kappa shape index (κ3) is 5.50. The number of carbonyl (C=O) groups is 1. The van der Waals surface area contributed by atoms with E-state index < -0.39 is 66.0 Å². The van der Waals surface area contributed by atoms with E-state index in [1.807, 2.05) is 6.92 Å². The van der Waals surface area contributed by atoms with E-state index >= 15 is 0 Å². The first-order valence-corrected chi connectivity index (χ1v) is 12.0. The highest BCUT2D eigenvalue weighted by atomic mass is 19.4. The molecule has 0 saturated heterocycles. The normalized spacial score (nSPS) is 20.4. The molecule has 0 unspecified atom stereocenters. The van der Waals surface area contributed by atoms with Crippen molar-refractivity contribution in [3.8, 4) is 0 Å². The number of carbonyl (C=O) groups excluding carboxylic acids is 1. The van der Waals surface area contributed by atoms with Crippen LogP contribution in [0.15, 0.2) is 24.3 Å². The first-order chi connectivity index (χ1) is 18.6. The predicted molar refractivity (Wildman–Crippen MR) is 112 cm³/mol. The van der Waals surface area contributed by atoms with Gasteiger partial charge in [-0.15, -0.1) is 0 Å². The number of halogens is 16. The second kappa shape index (κ2) is 10.9. The quantitative estimate of drug-likeness (QED) is 0.177. The summed E-state index contributed by atoms with van der Waals surface area (Å²) in [7, 11) is 0. The third-order valence-electron chi connectivity index (χ3n) is 7.15. The van der Waals surface area contributed by atoms with Crippen LogP contribution in [0.1, 0.15) is 67.8 Å². The molecule has 0 radical (unpaired) electrons. The van der Waals surface area contributed by atoms with Gasteiger partial charge in [-0.25, -0.2) is 4.79 Å². The first kappa shape index (κ1) is 35.8. The second-order valence-electron chi connectivity index (χ2n) is 9.99. The van der Waals surface area contributed by atoms with Crippen molar-refractivity contribution in [2.45, 2.75) is 99.4 Å². The molecule has 0 N–H and O–H groups in total.